The van der Waals surface area contributed by atoms with Gasteiger partial charge < -0.3 is 5.73 Å². The topological polar surface area (TPSA) is 115 Å². The zero-order valence-corrected chi connectivity index (χ0v) is 13.2. The van der Waals surface area contributed by atoms with Crippen molar-refractivity contribution in [2.24, 2.45) is 5.73 Å². The number of alkyl halides is 3. The van der Waals surface area contributed by atoms with E-state index >= 15 is 0 Å². The van der Waals surface area contributed by atoms with Crippen LogP contribution in [-0.2, 0) is 6.18 Å². The molecule has 0 aliphatic carbocycles. The highest BCUT2D eigenvalue weighted by molar-refractivity contribution is 5.94. The SMILES string of the molecule is Cc1cc(-n2nccn2)c(C#N)cc1-n1ncc(C(N)=O)c1C(F)(F)F. The maximum Gasteiger partial charge on any atom is 0.434 e. The molecule has 0 radical (unpaired) electrons. The van der Waals surface area contributed by atoms with Crippen molar-refractivity contribution >= 4 is 5.91 Å². The molecule has 0 unspecified atom stereocenters. The van der Waals surface area contributed by atoms with E-state index in [1.54, 1.807) is 0 Å². The average Bonchev–Trinajstić information content (AvgIpc) is 3.23. The summed E-state index contributed by atoms with van der Waals surface area (Å²) in [4.78, 5) is 12.5. The quantitative estimate of drug-likeness (QED) is 0.763. The van der Waals surface area contributed by atoms with E-state index in [0.29, 0.717) is 15.9 Å². The van der Waals surface area contributed by atoms with Crippen LogP contribution in [0.3, 0.4) is 0 Å². The summed E-state index contributed by atoms with van der Waals surface area (Å²) in [5, 5.41) is 20.8. The molecule has 0 aliphatic heterocycles. The molecule has 26 heavy (non-hydrogen) atoms. The number of hydrogen-bond acceptors (Lipinski definition) is 5. The minimum Gasteiger partial charge on any atom is -0.365 e. The number of aryl methyl sites for hydroxylation is 1. The first-order chi connectivity index (χ1) is 12.2. The fraction of sp³-hybridized carbons (Fsp3) is 0.133. The predicted octanol–water partition coefficient (Wildman–Crippen LogP) is 1.75. The van der Waals surface area contributed by atoms with Crippen molar-refractivity contribution in [1.82, 2.24) is 24.8 Å². The van der Waals surface area contributed by atoms with Gasteiger partial charge in [0.05, 0.1) is 35.4 Å². The van der Waals surface area contributed by atoms with Gasteiger partial charge in [0.2, 0.25) is 0 Å². The minimum absolute atomic E-state index is 0.0164. The van der Waals surface area contributed by atoms with Crippen molar-refractivity contribution in [3.63, 3.8) is 0 Å². The Hall–Kier alpha value is -3.68. The van der Waals surface area contributed by atoms with Crippen LogP contribution in [0.25, 0.3) is 11.4 Å². The molecule has 132 valence electrons. The molecular weight excluding hydrogens is 351 g/mol. The number of halogens is 3. The molecule has 0 bridgehead atoms. The molecule has 1 amide bonds. The van der Waals surface area contributed by atoms with E-state index in [1.165, 1.54) is 36.2 Å². The number of carbonyl (C=O) groups excluding carboxylic acids is 1. The van der Waals surface area contributed by atoms with E-state index in [2.05, 4.69) is 15.3 Å². The second kappa shape index (κ2) is 5.99. The lowest BCUT2D eigenvalue weighted by Gasteiger charge is -2.15. The lowest BCUT2D eigenvalue weighted by molar-refractivity contribution is -0.143. The summed E-state index contributed by atoms with van der Waals surface area (Å²) in [5.41, 5.74) is 3.64. The van der Waals surface area contributed by atoms with E-state index in [1.807, 2.05) is 6.07 Å². The average molecular weight is 361 g/mol. The summed E-state index contributed by atoms with van der Waals surface area (Å²) in [7, 11) is 0. The van der Waals surface area contributed by atoms with Crippen LogP contribution in [0.2, 0.25) is 0 Å². The Morgan fingerprint density at radius 3 is 2.38 bits per heavy atom. The number of hydrogen-bond donors (Lipinski definition) is 1. The Labute approximate surface area is 144 Å². The van der Waals surface area contributed by atoms with Crippen LogP contribution in [0.1, 0.15) is 27.2 Å². The van der Waals surface area contributed by atoms with Crippen molar-refractivity contribution < 1.29 is 18.0 Å². The van der Waals surface area contributed by atoms with E-state index in [9.17, 15) is 23.2 Å². The van der Waals surface area contributed by atoms with Gasteiger partial charge in [-0.1, -0.05) is 0 Å². The monoisotopic (exact) mass is 361 g/mol. The number of carbonyl (C=O) groups is 1. The predicted molar refractivity (Wildman–Crippen MR) is 81.5 cm³/mol. The van der Waals surface area contributed by atoms with Crippen molar-refractivity contribution in [3.8, 4) is 17.4 Å². The van der Waals surface area contributed by atoms with Crippen LogP contribution in [-0.4, -0.2) is 30.7 Å². The van der Waals surface area contributed by atoms with Crippen molar-refractivity contribution in [1.29, 1.82) is 5.26 Å². The van der Waals surface area contributed by atoms with Crippen LogP contribution in [0.5, 0.6) is 0 Å². The van der Waals surface area contributed by atoms with Gasteiger partial charge in [-0.05, 0) is 24.6 Å². The standard InChI is InChI=1S/C15H10F3N7O/c1-8-4-12(25-21-2-3-22-25)9(6-19)5-11(8)24-13(15(16,17)18)10(7-23-24)14(20)26/h2-5,7H,1H3,(H2,20,26). The summed E-state index contributed by atoms with van der Waals surface area (Å²) in [5.74, 6) is -1.25. The van der Waals surface area contributed by atoms with Crippen LogP contribution in [0.4, 0.5) is 13.2 Å². The molecule has 1 aromatic carbocycles. The number of benzene rings is 1. The molecular formula is C15H10F3N7O. The number of amides is 1. The van der Waals surface area contributed by atoms with Crippen LogP contribution in [0, 0.1) is 18.3 Å². The lowest BCUT2D eigenvalue weighted by atomic mass is 10.1. The Kier molecular flexibility index (Phi) is 3.96. The summed E-state index contributed by atoms with van der Waals surface area (Å²) >= 11 is 0. The van der Waals surface area contributed by atoms with Crippen LogP contribution in [0.15, 0.2) is 30.7 Å². The molecule has 2 aromatic heterocycles. The molecule has 0 atom stereocenters. The van der Waals surface area contributed by atoms with E-state index < -0.39 is 23.3 Å². The largest absolute Gasteiger partial charge is 0.434 e. The van der Waals surface area contributed by atoms with E-state index in [-0.39, 0.29) is 11.3 Å². The van der Waals surface area contributed by atoms with Gasteiger partial charge in [-0.15, -0.1) is 0 Å². The van der Waals surface area contributed by atoms with Crippen molar-refractivity contribution in [2.75, 3.05) is 0 Å². The van der Waals surface area contributed by atoms with Gasteiger partial charge in [0.1, 0.15) is 11.8 Å². The maximum atomic E-state index is 13.4. The fourth-order valence-corrected chi connectivity index (χ4v) is 2.49. The molecule has 11 heteroatoms. The van der Waals surface area contributed by atoms with Gasteiger partial charge >= 0.3 is 6.18 Å². The number of primary amides is 1. The number of nitrogens with zero attached hydrogens (tertiary/aromatic N) is 6. The first-order valence-corrected chi connectivity index (χ1v) is 7.11. The summed E-state index contributed by atoms with van der Waals surface area (Å²) < 4.78 is 40.9. The Morgan fingerprint density at radius 1 is 1.19 bits per heavy atom. The number of nitriles is 1. The second-order valence-corrected chi connectivity index (χ2v) is 5.27. The van der Waals surface area contributed by atoms with Gasteiger partial charge in [0.25, 0.3) is 5.91 Å². The summed E-state index contributed by atoms with van der Waals surface area (Å²) in [6.07, 6.45) is -1.32. The molecule has 0 saturated carbocycles. The molecule has 2 heterocycles. The molecule has 0 spiro atoms. The Bertz CT molecular complexity index is 1030. The molecule has 2 N–H and O–H groups in total. The van der Waals surface area contributed by atoms with E-state index in [0.717, 1.165) is 6.20 Å². The molecule has 8 nitrogen and oxygen atoms in total. The van der Waals surface area contributed by atoms with Crippen molar-refractivity contribution in [2.45, 2.75) is 13.1 Å². The molecule has 0 aliphatic rings. The third-order valence-electron chi connectivity index (χ3n) is 3.60. The van der Waals surface area contributed by atoms with Crippen molar-refractivity contribution in [3.05, 3.63) is 53.1 Å². The minimum atomic E-state index is -4.87. The second-order valence-electron chi connectivity index (χ2n) is 5.27. The van der Waals surface area contributed by atoms with Crippen LogP contribution < -0.4 is 5.73 Å². The zero-order valence-electron chi connectivity index (χ0n) is 13.2. The molecule has 0 saturated heterocycles. The summed E-state index contributed by atoms with van der Waals surface area (Å²) in [6, 6.07) is 4.58. The van der Waals surface area contributed by atoms with Crippen LogP contribution >= 0.6 is 0 Å². The van der Waals surface area contributed by atoms with E-state index in [4.69, 9.17) is 5.73 Å². The Morgan fingerprint density at radius 2 is 1.85 bits per heavy atom. The molecule has 3 rings (SSSR count). The highest BCUT2D eigenvalue weighted by atomic mass is 19.4. The van der Waals surface area contributed by atoms with Gasteiger partial charge in [-0.3, -0.25) is 4.79 Å². The number of rotatable bonds is 3. The lowest BCUT2D eigenvalue weighted by Crippen LogP contribution is -2.21. The molecule has 0 fully saturated rings. The summed E-state index contributed by atoms with van der Waals surface area (Å²) in [6.45, 7) is 1.54. The van der Waals surface area contributed by atoms with Gasteiger partial charge in [0.15, 0.2) is 5.69 Å². The third kappa shape index (κ3) is 2.77. The van der Waals surface area contributed by atoms with Gasteiger partial charge in [-0.2, -0.15) is 38.5 Å². The third-order valence-corrected chi connectivity index (χ3v) is 3.60. The smallest absolute Gasteiger partial charge is 0.365 e. The fourth-order valence-electron chi connectivity index (χ4n) is 2.49. The zero-order chi connectivity index (χ0) is 19.1. The maximum absolute atomic E-state index is 13.4. The highest BCUT2D eigenvalue weighted by Gasteiger charge is 2.40. The molecule has 3 aromatic rings. The normalized spacial score (nSPS) is 11.3. The number of nitrogens with two attached hydrogens (primary N) is 1. The highest BCUT2D eigenvalue weighted by Crippen LogP contribution is 2.34. The van der Waals surface area contributed by atoms with Gasteiger partial charge in [0, 0.05) is 0 Å². The Balaban J connectivity index is 2.27. The first kappa shape index (κ1) is 17.2. The van der Waals surface area contributed by atoms with Gasteiger partial charge in [-0.25, -0.2) is 4.68 Å². The first-order valence-electron chi connectivity index (χ1n) is 7.11. The number of aromatic nitrogens is 5.